The molecule has 0 saturated heterocycles. The van der Waals surface area contributed by atoms with Gasteiger partial charge in [0.2, 0.25) is 5.91 Å². The van der Waals surface area contributed by atoms with Crippen molar-refractivity contribution in [3.05, 3.63) is 12.2 Å². The number of rotatable bonds is 5. The molecule has 0 radical (unpaired) electrons. The largest absolute Gasteiger partial charge is 0.478 e. The van der Waals surface area contributed by atoms with Gasteiger partial charge in [0.25, 0.3) is 0 Å². The summed E-state index contributed by atoms with van der Waals surface area (Å²) in [5, 5.41) is 11.2. The summed E-state index contributed by atoms with van der Waals surface area (Å²) in [5.41, 5.74) is 0. The Morgan fingerprint density at radius 1 is 1.24 bits per heavy atom. The highest BCUT2D eigenvalue weighted by Gasteiger charge is 2.21. The van der Waals surface area contributed by atoms with E-state index in [-0.39, 0.29) is 11.9 Å². The first-order chi connectivity index (χ1) is 8.11. The van der Waals surface area contributed by atoms with Gasteiger partial charge in [-0.25, -0.2) is 4.79 Å². The maximum Gasteiger partial charge on any atom is 0.328 e. The van der Waals surface area contributed by atoms with Crippen molar-refractivity contribution in [2.75, 3.05) is 0 Å². The Morgan fingerprint density at radius 3 is 2.41 bits per heavy atom. The van der Waals surface area contributed by atoms with Gasteiger partial charge >= 0.3 is 5.97 Å². The summed E-state index contributed by atoms with van der Waals surface area (Å²) in [6.07, 6.45) is 8.82. The fraction of sp³-hybridized carbons (Fsp3) is 0.692. The molecule has 0 atom stereocenters. The third-order valence-electron chi connectivity index (χ3n) is 3.27. The zero-order valence-corrected chi connectivity index (χ0v) is 10.3. The summed E-state index contributed by atoms with van der Waals surface area (Å²) in [4.78, 5) is 21.6. The molecule has 0 bridgehead atoms. The average Bonchev–Trinajstić information content (AvgIpc) is 2.29. The molecule has 0 heterocycles. The molecule has 0 spiro atoms. The lowest BCUT2D eigenvalue weighted by Gasteiger charge is -2.28. The lowest BCUT2D eigenvalue weighted by atomic mass is 9.83. The lowest BCUT2D eigenvalue weighted by molar-refractivity contribution is -0.131. The highest BCUT2D eigenvalue weighted by Crippen LogP contribution is 2.27. The van der Waals surface area contributed by atoms with Crippen LogP contribution in [0.5, 0.6) is 0 Å². The predicted octanol–water partition coefficient (Wildman–Crippen LogP) is 2.10. The van der Waals surface area contributed by atoms with Crippen LogP contribution in [0.15, 0.2) is 12.2 Å². The van der Waals surface area contributed by atoms with Gasteiger partial charge in [0.05, 0.1) is 0 Å². The van der Waals surface area contributed by atoms with Crippen LogP contribution in [-0.4, -0.2) is 23.0 Å². The van der Waals surface area contributed by atoms with E-state index in [9.17, 15) is 9.59 Å². The second kappa shape index (κ2) is 7.09. The molecule has 1 aliphatic rings. The summed E-state index contributed by atoms with van der Waals surface area (Å²) >= 11 is 0. The number of amides is 1. The van der Waals surface area contributed by atoms with Crippen LogP contribution in [0.4, 0.5) is 0 Å². The minimum absolute atomic E-state index is 0.217. The quantitative estimate of drug-likeness (QED) is 0.722. The topological polar surface area (TPSA) is 66.4 Å². The first-order valence-corrected chi connectivity index (χ1v) is 6.33. The van der Waals surface area contributed by atoms with Crippen molar-refractivity contribution in [3.63, 3.8) is 0 Å². The summed E-state index contributed by atoms with van der Waals surface area (Å²) in [6, 6.07) is 0.217. The number of aliphatic carboxylic acids is 1. The zero-order chi connectivity index (χ0) is 12.7. The summed E-state index contributed by atoms with van der Waals surface area (Å²) in [7, 11) is 0. The molecule has 96 valence electrons. The third-order valence-corrected chi connectivity index (χ3v) is 3.27. The van der Waals surface area contributed by atoms with E-state index in [0.29, 0.717) is 0 Å². The second-order valence-electron chi connectivity index (χ2n) is 4.69. The average molecular weight is 239 g/mol. The minimum Gasteiger partial charge on any atom is -0.478 e. The minimum atomic E-state index is -1.09. The van der Waals surface area contributed by atoms with E-state index in [1.165, 1.54) is 25.7 Å². The summed E-state index contributed by atoms with van der Waals surface area (Å²) in [6.45, 7) is 2.20. The lowest BCUT2D eigenvalue weighted by Crippen LogP contribution is -2.36. The van der Waals surface area contributed by atoms with Gasteiger partial charge in [-0.05, 0) is 31.6 Å². The highest BCUT2D eigenvalue weighted by molar-refractivity contribution is 5.93. The Labute approximate surface area is 102 Å². The Hall–Kier alpha value is -1.32. The molecule has 1 saturated carbocycles. The molecular weight excluding hydrogens is 218 g/mol. The Balaban J connectivity index is 2.26. The SMILES string of the molecule is CCCC1CCC(NC(=O)C=CC(=O)O)CC1. The smallest absolute Gasteiger partial charge is 0.328 e. The molecule has 1 amide bonds. The van der Waals surface area contributed by atoms with Crippen molar-refractivity contribution >= 4 is 11.9 Å². The molecule has 0 aliphatic heterocycles. The number of carbonyl (C=O) groups is 2. The van der Waals surface area contributed by atoms with E-state index in [1.54, 1.807) is 0 Å². The molecule has 0 aromatic carbocycles. The van der Waals surface area contributed by atoms with E-state index in [1.807, 2.05) is 0 Å². The molecule has 4 heteroatoms. The van der Waals surface area contributed by atoms with Crippen LogP contribution >= 0.6 is 0 Å². The van der Waals surface area contributed by atoms with Crippen LogP contribution in [0, 0.1) is 5.92 Å². The molecule has 4 nitrogen and oxygen atoms in total. The zero-order valence-electron chi connectivity index (χ0n) is 10.3. The maximum atomic E-state index is 11.4. The molecule has 0 aromatic rings. The van der Waals surface area contributed by atoms with E-state index < -0.39 is 5.97 Å². The third kappa shape index (κ3) is 5.52. The van der Waals surface area contributed by atoms with E-state index in [2.05, 4.69) is 12.2 Å². The molecule has 1 rings (SSSR count). The summed E-state index contributed by atoms with van der Waals surface area (Å²) in [5.74, 6) is -0.583. The highest BCUT2D eigenvalue weighted by atomic mass is 16.4. The van der Waals surface area contributed by atoms with Crippen LogP contribution in [0.25, 0.3) is 0 Å². The van der Waals surface area contributed by atoms with Crippen molar-refractivity contribution in [3.8, 4) is 0 Å². The standard InChI is InChI=1S/C13H21NO3/c1-2-3-10-4-6-11(7-5-10)14-12(15)8-9-13(16)17/h8-11H,2-7H2,1H3,(H,14,15)(H,16,17). The van der Waals surface area contributed by atoms with Gasteiger partial charge in [-0.3, -0.25) is 4.79 Å². The fourth-order valence-electron chi connectivity index (χ4n) is 2.40. The van der Waals surface area contributed by atoms with Gasteiger partial charge in [0.1, 0.15) is 0 Å². The Kier molecular flexibility index (Phi) is 5.73. The summed E-state index contributed by atoms with van der Waals surface area (Å²) < 4.78 is 0. The normalized spacial score (nSPS) is 24.8. The molecule has 2 N–H and O–H groups in total. The van der Waals surface area contributed by atoms with Crippen molar-refractivity contribution < 1.29 is 14.7 Å². The van der Waals surface area contributed by atoms with Crippen LogP contribution in [0.3, 0.4) is 0 Å². The molecule has 0 aromatic heterocycles. The fourth-order valence-corrected chi connectivity index (χ4v) is 2.40. The van der Waals surface area contributed by atoms with Crippen molar-refractivity contribution in [1.82, 2.24) is 5.32 Å². The van der Waals surface area contributed by atoms with E-state index in [4.69, 9.17) is 5.11 Å². The van der Waals surface area contributed by atoms with Crippen molar-refractivity contribution in [2.45, 2.75) is 51.5 Å². The van der Waals surface area contributed by atoms with Crippen LogP contribution in [-0.2, 0) is 9.59 Å². The molecule has 1 fully saturated rings. The number of nitrogens with one attached hydrogen (secondary N) is 1. The molecule has 0 unspecified atom stereocenters. The van der Waals surface area contributed by atoms with Gasteiger partial charge in [-0.2, -0.15) is 0 Å². The van der Waals surface area contributed by atoms with Crippen LogP contribution in [0.1, 0.15) is 45.4 Å². The molecule has 1 aliphatic carbocycles. The second-order valence-corrected chi connectivity index (χ2v) is 4.69. The van der Waals surface area contributed by atoms with Crippen LogP contribution < -0.4 is 5.32 Å². The number of carbonyl (C=O) groups excluding carboxylic acids is 1. The van der Waals surface area contributed by atoms with Gasteiger partial charge < -0.3 is 10.4 Å². The van der Waals surface area contributed by atoms with Crippen molar-refractivity contribution in [2.24, 2.45) is 5.92 Å². The predicted molar refractivity (Wildman–Crippen MR) is 65.6 cm³/mol. The maximum absolute atomic E-state index is 11.4. The molecular formula is C13H21NO3. The number of hydrogen-bond acceptors (Lipinski definition) is 2. The van der Waals surface area contributed by atoms with Crippen molar-refractivity contribution in [1.29, 1.82) is 0 Å². The first kappa shape index (κ1) is 13.7. The Morgan fingerprint density at radius 2 is 1.88 bits per heavy atom. The van der Waals surface area contributed by atoms with Gasteiger partial charge in [0, 0.05) is 18.2 Å². The Bertz CT molecular complexity index is 291. The number of carboxylic acids is 1. The number of hydrogen-bond donors (Lipinski definition) is 2. The monoisotopic (exact) mass is 239 g/mol. The van der Waals surface area contributed by atoms with E-state index >= 15 is 0 Å². The molecule has 17 heavy (non-hydrogen) atoms. The van der Waals surface area contributed by atoms with Gasteiger partial charge in [-0.15, -0.1) is 0 Å². The van der Waals surface area contributed by atoms with Gasteiger partial charge in [0.15, 0.2) is 0 Å². The van der Waals surface area contributed by atoms with Crippen LogP contribution in [0.2, 0.25) is 0 Å². The first-order valence-electron chi connectivity index (χ1n) is 6.33. The van der Waals surface area contributed by atoms with Gasteiger partial charge in [-0.1, -0.05) is 19.8 Å². The van der Waals surface area contributed by atoms with E-state index in [0.717, 1.165) is 30.9 Å². The number of carboxylic acid groups (broad SMARTS) is 1.